The highest BCUT2D eigenvalue weighted by Crippen LogP contribution is 2.29. The van der Waals surface area contributed by atoms with E-state index >= 15 is 0 Å². The Hall–Kier alpha value is -2.85. The third kappa shape index (κ3) is 5.15. The highest BCUT2D eigenvalue weighted by atomic mass is 32.2. The molecule has 2 rings (SSSR count). The molecule has 2 aromatic rings. The molecule has 9 nitrogen and oxygen atoms in total. The molecular weight excluding hydrogens is 398 g/mol. The van der Waals surface area contributed by atoms with Gasteiger partial charge in [0.15, 0.2) is 5.76 Å². The molecule has 1 aromatic carbocycles. The zero-order chi connectivity index (χ0) is 21.6. The van der Waals surface area contributed by atoms with Crippen LogP contribution < -0.4 is 10.1 Å². The second kappa shape index (κ2) is 9.57. The minimum Gasteiger partial charge on any atom is -0.495 e. The lowest BCUT2D eigenvalue weighted by molar-refractivity contribution is -0.116. The van der Waals surface area contributed by atoms with E-state index in [0.29, 0.717) is 18.8 Å². The van der Waals surface area contributed by atoms with Crippen molar-refractivity contribution in [3.63, 3.8) is 0 Å². The molecule has 0 aliphatic carbocycles. The normalized spacial score (nSPS) is 11.3. The summed E-state index contributed by atoms with van der Waals surface area (Å²) in [7, 11) is -0.827. The molecule has 1 heterocycles. The topological polar surface area (TPSA) is 109 Å². The molecule has 0 spiro atoms. The molecule has 0 bridgehead atoms. The smallest absolute Gasteiger partial charge is 0.289 e. The molecule has 0 fully saturated rings. The number of rotatable bonds is 9. The lowest BCUT2D eigenvalue weighted by Gasteiger charge is -2.20. The molecule has 10 heteroatoms. The SMILES string of the molecule is CCN(CC)S(=O)(=O)c1ccc(OC)c(NC(=O)CN(C)C(=O)c2ccco2)c1. The number of nitrogens with zero attached hydrogens (tertiary/aromatic N) is 2. The second-order valence-corrected chi connectivity index (χ2v) is 8.08. The van der Waals surface area contributed by atoms with Crippen LogP contribution in [0.2, 0.25) is 0 Å². The summed E-state index contributed by atoms with van der Waals surface area (Å²) in [4.78, 5) is 25.8. The van der Waals surface area contributed by atoms with E-state index in [4.69, 9.17) is 9.15 Å². The van der Waals surface area contributed by atoms with E-state index < -0.39 is 21.8 Å². The monoisotopic (exact) mass is 423 g/mol. The number of likely N-dealkylation sites (N-methyl/N-ethyl adjacent to an activating group) is 1. The quantitative estimate of drug-likeness (QED) is 0.661. The summed E-state index contributed by atoms with van der Waals surface area (Å²) in [5, 5.41) is 2.61. The summed E-state index contributed by atoms with van der Waals surface area (Å²) in [6.07, 6.45) is 1.37. The molecule has 0 atom stereocenters. The summed E-state index contributed by atoms with van der Waals surface area (Å²) < 4.78 is 37.0. The number of hydrogen-bond donors (Lipinski definition) is 1. The summed E-state index contributed by atoms with van der Waals surface area (Å²) in [5.41, 5.74) is 0.199. The number of benzene rings is 1. The number of sulfonamides is 1. The van der Waals surface area contributed by atoms with Gasteiger partial charge in [0.1, 0.15) is 5.75 Å². The number of carbonyl (C=O) groups is 2. The Morgan fingerprint density at radius 2 is 1.86 bits per heavy atom. The highest BCUT2D eigenvalue weighted by molar-refractivity contribution is 7.89. The van der Waals surface area contributed by atoms with Crippen molar-refractivity contribution in [3.8, 4) is 5.75 Å². The van der Waals surface area contributed by atoms with Crippen molar-refractivity contribution in [1.82, 2.24) is 9.21 Å². The lowest BCUT2D eigenvalue weighted by Crippen LogP contribution is -2.35. The van der Waals surface area contributed by atoms with Gasteiger partial charge in [-0.15, -0.1) is 0 Å². The van der Waals surface area contributed by atoms with Crippen LogP contribution in [0.4, 0.5) is 5.69 Å². The maximum atomic E-state index is 12.7. The number of methoxy groups -OCH3 is 1. The number of hydrogen-bond acceptors (Lipinski definition) is 6. The molecule has 0 saturated carbocycles. The predicted octanol–water partition coefficient (Wildman–Crippen LogP) is 2.03. The zero-order valence-corrected chi connectivity index (χ0v) is 17.7. The van der Waals surface area contributed by atoms with Gasteiger partial charge >= 0.3 is 0 Å². The minimum atomic E-state index is -3.70. The van der Waals surface area contributed by atoms with E-state index in [0.717, 1.165) is 0 Å². The van der Waals surface area contributed by atoms with Gasteiger partial charge in [0.25, 0.3) is 5.91 Å². The van der Waals surface area contributed by atoms with Gasteiger partial charge in [-0.1, -0.05) is 13.8 Å². The lowest BCUT2D eigenvalue weighted by atomic mass is 10.3. The molecule has 158 valence electrons. The first-order valence-electron chi connectivity index (χ1n) is 9.01. The van der Waals surface area contributed by atoms with E-state index in [1.807, 2.05) is 0 Å². The fourth-order valence-corrected chi connectivity index (χ4v) is 4.21. The largest absolute Gasteiger partial charge is 0.495 e. The van der Waals surface area contributed by atoms with Crippen LogP contribution in [0.25, 0.3) is 0 Å². The van der Waals surface area contributed by atoms with Crippen LogP contribution in [0.1, 0.15) is 24.4 Å². The molecule has 29 heavy (non-hydrogen) atoms. The van der Waals surface area contributed by atoms with Gasteiger partial charge < -0.3 is 19.4 Å². The first-order valence-corrected chi connectivity index (χ1v) is 10.5. The maximum absolute atomic E-state index is 12.7. The maximum Gasteiger partial charge on any atom is 0.289 e. The van der Waals surface area contributed by atoms with Crippen LogP contribution in [0, 0.1) is 0 Å². The van der Waals surface area contributed by atoms with Gasteiger partial charge in [-0.3, -0.25) is 9.59 Å². The Balaban J connectivity index is 2.20. The first-order chi connectivity index (χ1) is 13.7. The molecule has 0 saturated heterocycles. The molecule has 0 aliphatic rings. The van der Waals surface area contributed by atoms with Gasteiger partial charge in [0.2, 0.25) is 15.9 Å². The molecule has 0 unspecified atom stereocenters. The van der Waals surface area contributed by atoms with E-state index in [1.54, 1.807) is 19.9 Å². The van der Waals surface area contributed by atoms with Crippen LogP contribution in [-0.4, -0.2) is 63.2 Å². The molecule has 2 amide bonds. The molecule has 1 aromatic heterocycles. The van der Waals surface area contributed by atoms with Crippen molar-refractivity contribution in [1.29, 1.82) is 0 Å². The van der Waals surface area contributed by atoms with Gasteiger partial charge in [-0.05, 0) is 30.3 Å². The van der Waals surface area contributed by atoms with Crippen molar-refractivity contribution in [3.05, 3.63) is 42.4 Å². The Morgan fingerprint density at radius 3 is 2.41 bits per heavy atom. The van der Waals surface area contributed by atoms with Crippen LogP contribution in [-0.2, 0) is 14.8 Å². The van der Waals surface area contributed by atoms with Gasteiger partial charge in [-0.2, -0.15) is 4.31 Å². The number of amides is 2. The first kappa shape index (κ1) is 22.4. The summed E-state index contributed by atoms with van der Waals surface area (Å²) in [5.74, 6) is -0.542. The fraction of sp³-hybridized carbons (Fsp3) is 0.368. The highest BCUT2D eigenvalue weighted by Gasteiger charge is 2.24. The Labute approximate surface area is 170 Å². The zero-order valence-electron chi connectivity index (χ0n) is 16.8. The number of anilines is 1. The number of nitrogens with one attached hydrogen (secondary N) is 1. The van der Waals surface area contributed by atoms with Crippen LogP contribution in [0.15, 0.2) is 45.9 Å². The van der Waals surface area contributed by atoms with Crippen LogP contribution in [0.3, 0.4) is 0 Å². The van der Waals surface area contributed by atoms with E-state index in [2.05, 4.69) is 5.32 Å². The van der Waals surface area contributed by atoms with Gasteiger partial charge in [-0.25, -0.2) is 8.42 Å². The summed E-state index contributed by atoms with van der Waals surface area (Å²) >= 11 is 0. The van der Waals surface area contributed by atoms with Crippen molar-refractivity contribution < 1.29 is 27.2 Å². The number of carbonyl (C=O) groups excluding carboxylic acids is 2. The number of ether oxygens (including phenoxy) is 1. The molecular formula is C19H25N3O6S. The summed E-state index contributed by atoms with van der Waals surface area (Å²) in [6, 6.07) is 7.33. The van der Waals surface area contributed by atoms with Crippen molar-refractivity contribution in [2.75, 3.05) is 39.1 Å². The minimum absolute atomic E-state index is 0.0392. The predicted molar refractivity (Wildman–Crippen MR) is 107 cm³/mol. The standard InChI is InChI=1S/C19H25N3O6S/c1-5-22(6-2)29(25,26)14-9-10-16(27-4)15(12-14)20-18(23)13-21(3)19(24)17-8-7-11-28-17/h7-12H,5-6,13H2,1-4H3,(H,20,23). The Kier molecular flexibility index (Phi) is 7.40. The van der Waals surface area contributed by atoms with Crippen molar-refractivity contribution in [2.24, 2.45) is 0 Å². The van der Waals surface area contributed by atoms with Crippen LogP contribution in [0.5, 0.6) is 5.75 Å². The van der Waals surface area contributed by atoms with Crippen molar-refractivity contribution in [2.45, 2.75) is 18.7 Å². The molecule has 0 aliphatic heterocycles. The van der Waals surface area contributed by atoms with Gasteiger partial charge in [0.05, 0.1) is 30.5 Å². The van der Waals surface area contributed by atoms with E-state index in [9.17, 15) is 18.0 Å². The van der Waals surface area contributed by atoms with E-state index in [1.165, 1.54) is 53.9 Å². The Bertz CT molecular complexity index is 952. The van der Waals surface area contributed by atoms with Crippen molar-refractivity contribution >= 4 is 27.5 Å². The van der Waals surface area contributed by atoms with Crippen LogP contribution >= 0.6 is 0 Å². The summed E-state index contributed by atoms with van der Waals surface area (Å²) in [6.45, 7) is 3.90. The Morgan fingerprint density at radius 1 is 1.17 bits per heavy atom. The average molecular weight is 423 g/mol. The second-order valence-electron chi connectivity index (χ2n) is 6.14. The third-order valence-corrected chi connectivity index (χ3v) is 6.29. The number of furan rings is 1. The van der Waals surface area contributed by atoms with Gasteiger partial charge in [0, 0.05) is 20.1 Å². The van der Waals surface area contributed by atoms with E-state index in [-0.39, 0.29) is 22.9 Å². The average Bonchev–Trinajstić information content (AvgIpc) is 3.22. The third-order valence-electron chi connectivity index (χ3n) is 4.25. The fourth-order valence-electron chi connectivity index (χ4n) is 2.72. The molecule has 0 radical (unpaired) electrons. The molecule has 1 N–H and O–H groups in total.